The van der Waals surface area contributed by atoms with E-state index in [9.17, 15) is 14.3 Å². The molecule has 0 aliphatic heterocycles. The number of halogens is 1. The summed E-state index contributed by atoms with van der Waals surface area (Å²) in [5.41, 5.74) is 5.86. The van der Waals surface area contributed by atoms with Gasteiger partial charge in [0.25, 0.3) is 0 Å². The Morgan fingerprint density at radius 3 is 2.53 bits per heavy atom. The van der Waals surface area contributed by atoms with Gasteiger partial charge >= 0.3 is 6.09 Å². The Morgan fingerprint density at radius 1 is 1.42 bits per heavy atom. The van der Waals surface area contributed by atoms with Crippen LogP contribution in [-0.4, -0.2) is 34.9 Å². The van der Waals surface area contributed by atoms with Crippen molar-refractivity contribution in [3.05, 3.63) is 35.9 Å². The quantitative estimate of drug-likeness (QED) is 0.799. The lowest BCUT2D eigenvalue weighted by molar-refractivity contribution is 0.0748. The van der Waals surface area contributed by atoms with Gasteiger partial charge in [0.1, 0.15) is 0 Å². The fourth-order valence-corrected chi connectivity index (χ4v) is 2.05. The van der Waals surface area contributed by atoms with Crippen molar-refractivity contribution < 1.29 is 14.3 Å². The molecule has 1 atom stereocenters. The largest absolute Gasteiger partial charge is 0.465 e. The predicted molar refractivity (Wildman–Crippen MR) is 72.7 cm³/mol. The fraction of sp³-hybridized carbons (Fsp3) is 0.500. The molecule has 1 amide bonds. The van der Waals surface area contributed by atoms with Gasteiger partial charge in [-0.1, -0.05) is 30.3 Å². The van der Waals surface area contributed by atoms with Gasteiger partial charge in [-0.05, 0) is 25.3 Å². The summed E-state index contributed by atoms with van der Waals surface area (Å²) in [4.78, 5) is 12.8. The molecule has 1 aromatic carbocycles. The maximum Gasteiger partial charge on any atom is 0.408 e. The average Bonchev–Trinajstić information content (AvgIpc) is 2.43. The minimum absolute atomic E-state index is 0.173. The minimum Gasteiger partial charge on any atom is -0.465 e. The van der Waals surface area contributed by atoms with Crippen LogP contribution in [0.2, 0.25) is 0 Å². The van der Waals surface area contributed by atoms with Crippen LogP contribution in [0.25, 0.3) is 0 Å². The molecule has 0 heterocycles. The molecule has 0 saturated heterocycles. The van der Waals surface area contributed by atoms with Crippen LogP contribution in [0, 0.1) is 0 Å². The smallest absolute Gasteiger partial charge is 0.408 e. The van der Waals surface area contributed by atoms with E-state index in [0.29, 0.717) is 12.8 Å². The number of nitrogens with zero attached hydrogens (tertiary/aromatic N) is 1. The van der Waals surface area contributed by atoms with Crippen LogP contribution in [0.1, 0.15) is 25.3 Å². The van der Waals surface area contributed by atoms with E-state index in [1.165, 1.54) is 4.90 Å². The third-order valence-corrected chi connectivity index (χ3v) is 3.35. The maximum absolute atomic E-state index is 12.3. The van der Waals surface area contributed by atoms with Crippen LogP contribution in [0.5, 0.6) is 0 Å². The van der Waals surface area contributed by atoms with Crippen molar-refractivity contribution in [3.8, 4) is 0 Å². The molecule has 0 aromatic heterocycles. The summed E-state index contributed by atoms with van der Waals surface area (Å²) in [6.07, 6.45) is -0.304. The number of rotatable bonds is 7. The normalized spacial score (nSPS) is 13.8. The highest BCUT2D eigenvalue weighted by atomic mass is 19.1. The first-order valence-electron chi connectivity index (χ1n) is 6.34. The van der Waals surface area contributed by atoms with Gasteiger partial charge in [0.15, 0.2) is 0 Å². The average molecular weight is 268 g/mol. The Kier molecular flexibility index (Phi) is 5.76. The number of benzene rings is 1. The van der Waals surface area contributed by atoms with Gasteiger partial charge in [0.05, 0.1) is 12.2 Å². The van der Waals surface area contributed by atoms with Crippen LogP contribution < -0.4 is 5.73 Å². The molecule has 0 spiro atoms. The number of alkyl halides is 1. The minimum atomic E-state index is -1.03. The zero-order valence-electron chi connectivity index (χ0n) is 11.2. The third-order valence-electron chi connectivity index (χ3n) is 3.35. The van der Waals surface area contributed by atoms with E-state index in [1.807, 2.05) is 30.3 Å². The first kappa shape index (κ1) is 15.4. The molecular formula is C14H21FN2O2. The van der Waals surface area contributed by atoms with Crippen LogP contribution >= 0.6 is 0 Å². The van der Waals surface area contributed by atoms with Gasteiger partial charge in [-0.3, -0.25) is 9.29 Å². The number of hydrogen-bond acceptors (Lipinski definition) is 2. The first-order chi connectivity index (χ1) is 9.03. The highest BCUT2D eigenvalue weighted by molar-refractivity contribution is 5.66. The number of nitrogens with two attached hydrogens (primary N) is 1. The Morgan fingerprint density at radius 2 is 2.05 bits per heavy atom. The maximum atomic E-state index is 12.3. The third kappa shape index (κ3) is 4.21. The van der Waals surface area contributed by atoms with Crippen LogP contribution in [0.15, 0.2) is 30.3 Å². The molecule has 0 aliphatic rings. The van der Waals surface area contributed by atoms with Crippen molar-refractivity contribution in [3.63, 3.8) is 0 Å². The molecule has 0 radical (unpaired) electrons. The molecule has 3 N–H and O–H groups in total. The zero-order valence-corrected chi connectivity index (χ0v) is 11.2. The molecule has 1 aromatic rings. The van der Waals surface area contributed by atoms with Crippen molar-refractivity contribution >= 4 is 6.09 Å². The van der Waals surface area contributed by atoms with E-state index in [0.717, 1.165) is 5.56 Å². The molecule has 5 heteroatoms. The summed E-state index contributed by atoms with van der Waals surface area (Å²) in [5, 5.41) is 9.38. The lowest BCUT2D eigenvalue weighted by Gasteiger charge is -2.39. The van der Waals surface area contributed by atoms with Gasteiger partial charge in [0, 0.05) is 13.1 Å². The number of hydrogen-bond donors (Lipinski definition) is 2. The molecule has 4 nitrogen and oxygen atoms in total. The second-order valence-electron chi connectivity index (χ2n) is 4.85. The molecule has 0 bridgehead atoms. The second-order valence-corrected chi connectivity index (χ2v) is 4.85. The number of amides is 1. The number of carboxylic acid groups (broad SMARTS) is 1. The van der Waals surface area contributed by atoms with E-state index in [1.54, 1.807) is 6.92 Å². The molecule has 0 saturated carbocycles. The summed E-state index contributed by atoms with van der Waals surface area (Å²) in [5.74, 6) is 0. The fourth-order valence-electron chi connectivity index (χ4n) is 2.05. The predicted octanol–water partition coefficient (Wildman–Crippen LogP) is 2.63. The van der Waals surface area contributed by atoms with Crippen molar-refractivity contribution in [2.24, 2.45) is 5.73 Å². The second kappa shape index (κ2) is 7.09. The van der Waals surface area contributed by atoms with Crippen molar-refractivity contribution in [2.45, 2.75) is 31.8 Å². The Labute approximate surface area is 113 Å². The van der Waals surface area contributed by atoms with E-state index < -0.39 is 18.3 Å². The SMILES string of the molecule is CC(CN)(CCCF)N(Cc1ccccc1)C(=O)O. The van der Waals surface area contributed by atoms with Crippen molar-refractivity contribution in [2.75, 3.05) is 13.2 Å². The van der Waals surface area contributed by atoms with Crippen LogP contribution in [0.4, 0.5) is 9.18 Å². The first-order valence-corrected chi connectivity index (χ1v) is 6.34. The van der Waals surface area contributed by atoms with Crippen molar-refractivity contribution in [1.29, 1.82) is 0 Å². The molecule has 106 valence electrons. The summed E-state index contributed by atoms with van der Waals surface area (Å²) in [6, 6.07) is 9.32. The lowest BCUT2D eigenvalue weighted by Crippen LogP contribution is -2.53. The van der Waals surface area contributed by atoms with Gasteiger partial charge < -0.3 is 10.8 Å². The van der Waals surface area contributed by atoms with Crippen LogP contribution in [0.3, 0.4) is 0 Å². The Bertz CT molecular complexity index is 400. The highest BCUT2D eigenvalue weighted by Crippen LogP contribution is 2.23. The van der Waals surface area contributed by atoms with E-state index in [4.69, 9.17) is 5.73 Å². The van der Waals surface area contributed by atoms with Crippen molar-refractivity contribution in [1.82, 2.24) is 4.90 Å². The van der Waals surface area contributed by atoms with Gasteiger partial charge in [0.2, 0.25) is 0 Å². The standard InChI is InChI=1S/C14H21FN2O2/c1-14(11-16,8-5-9-15)17(13(18)19)10-12-6-3-2-4-7-12/h2-4,6-7H,5,8-11,16H2,1H3,(H,18,19). The highest BCUT2D eigenvalue weighted by Gasteiger charge is 2.33. The van der Waals surface area contributed by atoms with E-state index >= 15 is 0 Å². The summed E-state index contributed by atoms with van der Waals surface area (Å²) in [6.45, 7) is 1.73. The Hall–Kier alpha value is -1.62. The monoisotopic (exact) mass is 268 g/mol. The molecule has 0 aliphatic carbocycles. The molecular weight excluding hydrogens is 247 g/mol. The van der Waals surface area contributed by atoms with E-state index in [2.05, 4.69) is 0 Å². The van der Waals surface area contributed by atoms with E-state index in [-0.39, 0.29) is 13.1 Å². The van der Waals surface area contributed by atoms with Gasteiger partial charge in [-0.2, -0.15) is 0 Å². The summed E-state index contributed by atoms with van der Waals surface area (Å²) < 4.78 is 12.3. The zero-order chi connectivity index (χ0) is 14.3. The topological polar surface area (TPSA) is 66.6 Å². The molecule has 19 heavy (non-hydrogen) atoms. The van der Waals surface area contributed by atoms with Crippen LogP contribution in [-0.2, 0) is 6.54 Å². The summed E-state index contributed by atoms with van der Waals surface area (Å²) >= 11 is 0. The Balaban J connectivity index is 2.89. The van der Waals surface area contributed by atoms with Gasteiger partial charge in [-0.25, -0.2) is 4.79 Å². The lowest BCUT2D eigenvalue weighted by atomic mass is 9.93. The molecule has 1 rings (SSSR count). The van der Waals surface area contributed by atoms with Gasteiger partial charge in [-0.15, -0.1) is 0 Å². The molecule has 1 unspecified atom stereocenters. The molecule has 0 fully saturated rings. The number of carbonyl (C=O) groups is 1. The summed E-state index contributed by atoms with van der Waals surface area (Å²) in [7, 11) is 0.